The highest BCUT2D eigenvalue weighted by Gasteiger charge is 2.14. The number of aromatic nitrogens is 2. The van der Waals surface area contributed by atoms with Gasteiger partial charge in [-0.05, 0) is 18.6 Å². The minimum absolute atomic E-state index is 0.0948. The summed E-state index contributed by atoms with van der Waals surface area (Å²) in [5.74, 6) is 0. The molecule has 1 aromatic heterocycles. The molecule has 0 saturated carbocycles. The lowest BCUT2D eigenvalue weighted by Gasteiger charge is -2.19. The first-order chi connectivity index (χ1) is 8.31. The summed E-state index contributed by atoms with van der Waals surface area (Å²) < 4.78 is 5.28. The molecule has 0 unspecified atom stereocenters. The third-order valence-electron chi connectivity index (χ3n) is 2.46. The number of para-hydroxylation sites is 1. The van der Waals surface area contributed by atoms with Crippen LogP contribution in [0.4, 0.5) is 17.7 Å². The van der Waals surface area contributed by atoms with Crippen molar-refractivity contribution in [1.82, 2.24) is 10.2 Å². The van der Waals surface area contributed by atoms with Crippen LogP contribution in [0.3, 0.4) is 0 Å². The van der Waals surface area contributed by atoms with Crippen LogP contribution in [0.2, 0.25) is 0 Å². The molecular weight excluding hydrogens is 216 g/mol. The van der Waals surface area contributed by atoms with Crippen molar-refractivity contribution < 1.29 is 4.42 Å². The average Bonchev–Trinajstić information content (AvgIpc) is 2.78. The maximum Gasteiger partial charge on any atom is 0.324 e. The monoisotopic (exact) mass is 232 g/mol. The zero-order valence-electron chi connectivity index (χ0n) is 9.84. The van der Waals surface area contributed by atoms with Gasteiger partial charge in [-0.1, -0.05) is 41.7 Å². The number of nitrogen functional groups attached to an aromatic ring is 1. The highest BCUT2D eigenvalue weighted by Crippen LogP contribution is 2.24. The number of hydrogen-bond acceptors (Lipinski definition) is 5. The zero-order valence-corrected chi connectivity index (χ0v) is 9.84. The van der Waals surface area contributed by atoms with E-state index in [0.717, 1.165) is 25.1 Å². The van der Waals surface area contributed by atoms with Crippen LogP contribution in [0.5, 0.6) is 0 Å². The van der Waals surface area contributed by atoms with E-state index in [0.29, 0.717) is 6.01 Å². The molecule has 17 heavy (non-hydrogen) atoms. The Morgan fingerprint density at radius 3 is 2.59 bits per heavy atom. The predicted molar refractivity (Wildman–Crippen MR) is 67.1 cm³/mol. The van der Waals surface area contributed by atoms with E-state index >= 15 is 0 Å². The molecule has 2 rings (SSSR count). The minimum atomic E-state index is 0.0948. The van der Waals surface area contributed by atoms with Gasteiger partial charge in [0.25, 0.3) is 0 Å². The first kappa shape index (κ1) is 11.4. The second-order valence-corrected chi connectivity index (χ2v) is 3.76. The second kappa shape index (κ2) is 5.34. The molecule has 2 aromatic rings. The fourth-order valence-corrected chi connectivity index (χ4v) is 1.59. The fourth-order valence-electron chi connectivity index (χ4n) is 1.59. The van der Waals surface area contributed by atoms with Crippen molar-refractivity contribution >= 4 is 17.7 Å². The molecule has 90 valence electrons. The smallest absolute Gasteiger partial charge is 0.324 e. The Hall–Kier alpha value is -2.04. The Morgan fingerprint density at radius 1 is 1.24 bits per heavy atom. The molecule has 0 fully saturated rings. The summed E-state index contributed by atoms with van der Waals surface area (Å²) in [5, 5.41) is 7.62. The predicted octanol–water partition coefficient (Wildman–Crippen LogP) is 2.59. The van der Waals surface area contributed by atoms with Gasteiger partial charge in [0, 0.05) is 12.2 Å². The lowest BCUT2D eigenvalue weighted by Crippen LogP contribution is -2.18. The highest BCUT2D eigenvalue weighted by molar-refractivity contribution is 5.55. The van der Waals surface area contributed by atoms with Crippen molar-refractivity contribution in [3.63, 3.8) is 0 Å². The Balaban J connectivity index is 2.25. The third-order valence-corrected chi connectivity index (χ3v) is 2.46. The van der Waals surface area contributed by atoms with Crippen LogP contribution in [0.15, 0.2) is 34.7 Å². The highest BCUT2D eigenvalue weighted by atomic mass is 16.4. The second-order valence-electron chi connectivity index (χ2n) is 3.76. The average molecular weight is 232 g/mol. The van der Waals surface area contributed by atoms with Crippen molar-refractivity contribution in [3.8, 4) is 0 Å². The van der Waals surface area contributed by atoms with Gasteiger partial charge >= 0.3 is 12.0 Å². The zero-order chi connectivity index (χ0) is 12.1. The molecule has 0 aliphatic carbocycles. The van der Waals surface area contributed by atoms with E-state index in [4.69, 9.17) is 10.2 Å². The van der Waals surface area contributed by atoms with E-state index in [-0.39, 0.29) is 6.01 Å². The van der Waals surface area contributed by atoms with Gasteiger partial charge in [0.15, 0.2) is 0 Å². The van der Waals surface area contributed by atoms with Crippen LogP contribution in [-0.2, 0) is 0 Å². The molecule has 0 aliphatic heterocycles. The maximum absolute atomic E-state index is 5.46. The van der Waals surface area contributed by atoms with E-state index in [2.05, 4.69) is 17.1 Å². The van der Waals surface area contributed by atoms with Gasteiger partial charge in [0.2, 0.25) is 0 Å². The Kier molecular flexibility index (Phi) is 3.59. The van der Waals surface area contributed by atoms with Gasteiger partial charge in [0.1, 0.15) is 0 Å². The summed E-state index contributed by atoms with van der Waals surface area (Å²) in [5.41, 5.74) is 6.49. The summed E-state index contributed by atoms with van der Waals surface area (Å²) in [7, 11) is 0. The lowest BCUT2D eigenvalue weighted by molar-refractivity contribution is 0.563. The van der Waals surface area contributed by atoms with Crippen LogP contribution in [0.1, 0.15) is 19.8 Å². The Morgan fingerprint density at radius 2 is 2.00 bits per heavy atom. The van der Waals surface area contributed by atoms with Crippen LogP contribution >= 0.6 is 0 Å². The van der Waals surface area contributed by atoms with E-state index in [9.17, 15) is 0 Å². The van der Waals surface area contributed by atoms with Gasteiger partial charge in [-0.15, -0.1) is 0 Å². The van der Waals surface area contributed by atoms with Crippen LogP contribution in [0, 0.1) is 0 Å². The number of hydrogen-bond donors (Lipinski definition) is 1. The Bertz CT molecular complexity index is 455. The lowest BCUT2D eigenvalue weighted by atomic mass is 10.2. The van der Waals surface area contributed by atoms with Gasteiger partial charge in [0.05, 0.1) is 0 Å². The third kappa shape index (κ3) is 2.75. The molecule has 5 nitrogen and oxygen atoms in total. The molecule has 0 radical (unpaired) electrons. The van der Waals surface area contributed by atoms with Crippen molar-refractivity contribution in [2.45, 2.75) is 19.8 Å². The normalized spacial score (nSPS) is 10.4. The summed E-state index contributed by atoms with van der Waals surface area (Å²) in [6.45, 7) is 2.98. The quantitative estimate of drug-likeness (QED) is 0.858. The topological polar surface area (TPSA) is 68.2 Å². The number of rotatable bonds is 5. The van der Waals surface area contributed by atoms with Gasteiger partial charge < -0.3 is 10.2 Å². The molecule has 1 aromatic carbocycles. The molecule has 5 heteroatoms. The molecule has 1 heterocycles. The summed E-state index contributed by atoms with van der Waals surface area (Å²) in [4.78, 5) is 1.98. The first-order valence-electron chi connectivity index (χ1n) is 5.73. The van der Waals surface area contributed by atoms with Crippen LogP contribution < -0.4 is 10.6 Å². The van der Waals surface area contributed by atoms with E-state index in [1.54, 1.807) is 0 Å². The maximum atomic E-state index is 5.46. The number of unbranched alkanes of at least 4 members (excludes halogenated alkanes) is 1. The molecule has 0 bridgehead atoms. The standard InChI is InChI=1S/C12H16N4O/c1-2-3-9-16(10-7-5-4-6-8-10)12-15-14-11(13)17-12/h4-8H,2-3,9H2,1H3,(H2,13,14). The number of anilines is 3. The molecular formula is C12H16N4O. The van der Waals surface area contributed by atoms with Crippen LogP contribution in [-0.4, -0.2) is 16.7 Å². The largest absolute Gasteiger partial charge is 0.389 e. The van der Waals surface area contributed by atoms with Gasteiger partial charge in [-0.2, -0.15) is 0 Å². The number of nitrogens with two attached hydrogens (primary N) is 1. The summed E-state index contributed by atoms with van der Waals surface area (Å²) in [6, 6.07) is 10.5. The van der Waals surface area contributed by atoms with E-state index < -0.39 is 0 Å². The van der Waals surface area contributed by atoms with Gasteiger partial charge in [-0.25, -0.2) is 0 Å². The van der Waals surface area contributed by atoms with Crippen molar-refractivity contribution in [3.05, 3.63) is 30.3 Å². The molecule has 0 saturated heterocycles. The summed E-state index contributed by atoms with van der Waals surface area (Å²) >= 11 is 0. The molecule has 0 atom stereocenters. The molecule has 0 aliphatic rings. The molecule has 2 N–H and O–H groups in total. The van der Waals surface area contributed by atoms with Gasteiger partial charge in [-0.3, -0.25) is 4.90 Å². The molecule has 0 amide bonds. The molecule has 0 spiro atoms. The SMILES string of the molecule is CCCCN(c1ccccc1)c1nnc(N)o1. The van der Waals surface area contributed by atoms with E-state index in [1.807, 2.05) is 35.2 Å². The van der Waals surface area contributed by atoms with Crippen molar-refractivity contribution in [2.75, 3.05) is 17.2 Å². The fraction of sp³-hybridized carbons (Fsp3) is 0.333. The van der Waals surface area contributed by atoms with E-state index in [1.165, 1.54) is 0 Å². The first-order valence-corrected chi connectivity index (χ1v) is 5.73. The number of benzene rings is 1. The minimum Gasteiger partial charge on any atom is -0.389 e. The van der Waals surface area contributed by atoms with Crippen molar-refractivity contribution in [2.24, 2.45) is 0 Å². The van der Waals surface area contributed by atoms with Crippen molar-refractivity contribution in [1.29, 1.82) is 0 Å². The summed E-state index contributed by atoms with van der Waals surface area (Å²) in [6.07, 6.45) is 2.16. The Labute approximate surface area is 100 Å². The van der Waals surface area contributed by atoms with Crippen LogP contribution in [0.25, 0.3) is 0 Å². The number of nitrogens with zero attached hydrogens (tertiary/aromatic N) is 3.